The average Bonchev–Trinajstić information content (AvgIpc) is 2.82. The summed E-state index contributed by atoms with van der Waals surface area (Å²) in [4.78, 5) is 3.55. The first-order valence-electron chi connectivity index (χ1n) is 10.9. The maximum atomic E-state index is 9.75. The summed E-state index contributed by atoms with van der Waals surface area (Å²) in [6, 6.07) is 19.9. The molecule has 10 heteroatoms. The van der Waals surface area contributed by atoms with Crippen LogP contribution in [0.2, 0.25) is 0 Å². The molecule has 0 spiro atoms. The molecule has 1 aromatic heterocycles. The van der Waals surface area contributed by atoms with Crippen LogP contribution in [0.1, 0.15) is 11.1 Å². The maximum absolute atomic E-state index is 9.75. The molecular weight excluding hydrogens is 477 g/mol. The van der Waals surface area contributed by atoms with Gasteiger partial charge >= 0.3 is 7.25 Å². The lowest BCUT2D eigenvalue weighted by Crippen LogP contribution is -2.70. The van der Waals surface area contributed by atoms with Crippen molar-refractivity contribution in [3.63, 3.8) is 0 Å². The van der Waals surface area contributed by atoms with Gasteiger partial charge in [0, 0.05) is 11.6 Å². The van der Waals surface area contributed by atoms with Crippen molar-refractivity contribution in [1.29, 1.82) is 0 Å². The summed E-state index contributed by atoms with van der Waals surface area (Å²) < 4.78 is 61.4. The predicted octanol–water partition coefficient (Wildman–Crippen LogP) is 5.36. The van der Waals surface area contributed by atoms with E-state index in [9.17, 15) is 17.3 Å². The zero-order valence-corrected chi connectivity index (χ0v) is 20.5. The highest BCUT2D eigenvalue weighted by molar-refractivity contribution is 6.50. The number of halogens is 4. The molecule has 0 unspecified atom stereocenters. The van der Waals surface area contributed by atoms with Gasteiger partial charge in [0.15, 0.2) is 11.5 Å². The van der Waals surface area contributed by atoms with Crippen LogP contribution in [0.5, 0.6) is 17.2 Å². The lowest BCUT2D eigenvalue weighted by atomic mass is 10.0. The van der Waals surface area contributed by atoms with E-state index in [4.69, 9.17) is 18.6 Å². The summed E-state index contributed by atoms with van der Waals surface area (Å²) in [5.74, 6) is 2.93. The van der Waals surface area contributed by atoms with E-state index in [1.54, 1.807) is 21.3 Å². The minimum Gasteiger partial charge on any atom is -0.497 e. The number of benzene rings is 3. The van der Waals surface area contributed by atoms with Crippen LogP contribution in [0.4, 0.5) is 23.0 Å². The fourth-order valence-corrected chi connectivity index (χ4v) is 3.77. The SMILES string of the molecule is COc1ccc(-c2cc(=[NH+]c3ccc(OC)c(OC)c3)c3c(C)cc(C)cc3o2)cc1.F[B-](F)(F)F. The summed E-state index contributed by atoms with van der Waals surface area (Å²) in [5.41, 5.74) is 4.98. The van der Waals surface area contributed by atoms with Gasteiger partial charge in [0.1, 0.15) is 17.1 Å². The van der Waals surface area contributed by atoms with Crippen molar-refractivity contribution in [2.75, 3.05) is 21.3 Å². The Labute approximate surface area is 206 Å². The van der Waals surface area contributed by atoms with Crippen molar-refractivity contribution in [3.05, 3.63) is 77.1 Å². The Morgan fingerprint density at radius 1 is 0.750 bits per heavy atom. The fourth-order valence-electron chi connectivity index (χ4n) is 3.77. The van der Waals surface area contributed by atoms with Crippen molar-refractivity contribution in [2.45, 2.75) is 13.8 Å². The molecule has 190 valence electrons. The van der Waals surface area contributed by atoms with E-state index < -0.39 is 7.25 Å². The molecule has 4 rings (SSSR count). The number of rotatable bonds is 5. The van der Waals surface area contributed by atoms with Crippen molar-refractivity contribution >= 4 is 23.9 Å². The standard InChI is InChI=1S/C26H25NO4.BF4/c1-16-12-17(2)26-21(27-19-8-11-22(29-4)24(14-19)30-5)15-23(31-25(26)13-16)18-6-9-20(28-3)10-7-18;2-1(3,4)5/h6-15H,1-5H3;/q;-1/p+1. The normalized spacial score (nSPS) is 11.6. The first kappa shape index (κ1) is 26.7. The van der Waals surface area contributed by atoms with Crippen molar-refractivity contribution in [2.24, 2.45) is 0 Å². The minimum absolute atomic E-state index is 0.667. The smallest absolute Gasteiger partial charge is 0.497 e. The average molecular weight is 503 g/mol. The first-order valence-corrected chi connectivity index (χ1v) is 10.9. The van der Waals surface area contributed by atoms with Crippen molar-refractivity contribution < 1.29 is 40.9 Å². The molecule has 36 heavy (non-hydrogen) atoms. The number of fused-ring (bicyclic) bond motifs is 1. The van der Waals surface area contributed by atoms with Gasteiger partial charge in [0.05, 0.1) is 38.8 Å². The Kier molecular flexibility index (Phi) is 8.29. The van der Waals surface area contributed by atoms with Crippen LogP contribution in [0.25, 0.3) is 22.3 Å². The number of aryl methyl sites for hydroxylation is 2. The van der Waals surface area contributed by atoms with Crippen LogP contribution in [-0.2, 0) is 0 Å². The largest absolute Gasteiger partial charge is 0.673 e. The maximum Gasteiger partial charge on any atom is 0.673 e. The van der Waals surface area contributed by atoms with Gasteiger partial charge in [-0.25, -0.2) is 4.99 Å². The molecule has 0 atom stereocenters. The van der Waals surface area contributed by atoms with Gasteiger partial charge in [-0.1, -0.05) is 6.07 Å². The van der Waals surface area contributed by atoms with Gasteiger partial charge in [-0.2, -0.15) is 0 Å². The lowest BCUT2D eigenvalue weighted by Gasteiger charge is -2.08. The van der Waals surface area contributed by atoms with Gasteiger partial charge in [-0.3, -0.25) is 0 Å². The molecule has 0 radical (unpaired) electrons. The minimum atomic E-state index is -6.00. The number of methoxy groups -OCH3 is 3. The van der Waals surface area contributed by atoms with Crippen LogP contribution in [0.3, 0.4) is 0 Å². The van der Waals surface area contributed by atoms with E-state index in [0.717, 1.165) is 50.2 Å². The van der Waals surface area contributed by atoms with E-state index in [0.29, 0.717) is 11.5 Å². The molecule has 3 aromatic carbocycles. The first-order chi connectivity index (χ1) is 17.0. The van der Waals surface area contributed by atoms with E-state index in [2.05, 4.69) is 31.0 Å². The number of hydrogen-bond donors (Lipinski definition) is 1. The summed E-state index contributed by atoms with van der Waals surface area (Å²) in [7, 11) is -1.08. The molecule has 0 aliphatic rings. The van der Waals surface area contributed by atoms with Gasteiger partial charge in [0.2, 0.25) is 11.0 Å². The highest BCUT2D eigenvalue weighted by Crippen LogP contribution is 2.28. The van der Waals surface area contributed by atoms with Gasteiger partial charge < -0.3 is 35.9 Å². The van der Waals surface area contributed by atoms with Gasteiger partial charge in [-0.05, 0) is 61.4 Å². The molecule has 0 aliphatic carbocycles. The van der Waals surface area contributed by atoms with Crippen LogP contribution < -0.4 is 24.6 Å². The highest BCUT2D eigenvalue weighted by Gasteiger charge is 2.20. The molecule has 4 aromatic rings. The lowest BCUT2D eigenvalue weighted by molar-refractivity contribution is -0.401. The molecule has 0 amide bonds. The zero-order valence-electron chi connectivity index (χ0n) is 20.5. The third-order valence-electron chi connectivity index (χ3n) is 5.25. The molecule has 1 N–H and O–H groups in total. The third-order valence-corrected chi connectivity index (χ3v) is 5.25. The number of ether oxygens (including phenoxy) is 3. The Hall–Kier alpha value is -3.95. The predicted molar refractivity (Wildman–Crippen MR) is 131 cm³/mol. The van der Waals surface area contributed by atoms with E-state index in [1.165, 1.54) is 0 Å². The second kappa shape index (κ2) is 11.2. The Balaban J connectivity index is 0.000000658. The van der Waals surface area contributed by atoms with Gasteiger partial charge in [0.25, 0.3) is 0 Å². The second-order valence-electron chi connectivity index (χ2n) is 7.90. The summed E-state index contributed by atoms with van der Waals surface area (Å²) in [6.07, 6.45) is 0. The quantitative estimate of drug-likeness (QED) is 0.295. The summed E-state index contributed by atoms with van der Waals surface area (Å²) >= 11 is 0. The molecule has 0 bridgehead atoms. The zero-order chi connectivity index (χ0) is 26.5. The molecule has 0 saturated carbocycles. The fraction of sp³-hybridized carbons (Fsp3) is 0.192. The van der Waals surface area contributed by atoms with Gasteiger partial charge in [-0.15, -0.1) is 0 Å². The Morgan fingerprint density at radius 3 is 1.97 bits per heavy atom. The molecular formula is C26H26BF4NO4. The number of hydrogen-bond acceptors (Lipinski definition) is 4. The monoisotopic (exact) mass is 503 g/mol. The number of nitrogens with one attached hydrogen (secondary N) is 1. The van der Waals surface area contributed by atoms with Crippen molar-refractivity contribution in [1.82, 2.24) is 0 Å². The highest BCUT2D eigenvalue weighted by atomic mass is 19.5. The van der Waals surface area contributed by atoms with Crippen LogP contribution >= 0.6 is 0 Å². The van der Waals surface area contributed by atoms with E-state index in [-0.39, 0.29) is 0 Å². The summed E-state index contributed by atoms with van der Waals surface area (Å²) in [6.45, 7) is 4.17. The molecule has 0 aliphatic heterocycles. The van der Waals surface area contributed by atoms with Crippen LogP contribution in [0, 0.1) is 13.8 Å². The molecule has 1 heterocycles. The third kappa shape index (κ3) is 6.81. The topological polar surface area (TPSA) is 54.8 Å². The Morgan fingerprint density at radius 2 is 1.39 bits per heavy atom. The molecule has 0 saturated heterocycles. The van der Waals surface area contributed by atoms with E-state index >= 15 is 0 Å². The van der Waals surface area contributed by atoms with Crippen LogP contribution in [0.15, 0.2) is 65.1 Å². The molecule has 5 nitrogen and oxygen atoms in total. The second-order valence-corrected chi connectivity index (χ2v) is 7.90. The van der Waals surface area contributed by atoms with Crippen molar-refractivity contribution in [3.8, 4) is 28.6 Å². The Bertz CT molecular complexity index is 1410. The molecule has 0 fully saturated rings. The summed E-state index contributed by atoms with van der Waals surface area (Å²) in [5, 5.41) is 1.99. The van der Waals surface area contributed by atoms with E-state index in [1.807, 2.05) is 48.5 Å². The van der Waals surface area contributed by atoms with Crippen LogP contribution in [-0.4, -0.2) is 28.6 Å².